The number of anilines is 1. The quantitative estimate of drug-likeness (QED) is 0.357. The van der Waals surface area contributed by atoms with Crippen LogP contribution in [0.1, 0.15) is 0 Å². The Morgan fingerprint density at radius 2 is 1.96 bits per heavy atom. The van der Waals surface area contributed by atoms with Crippen molar-refractivity contribution in [1.29, 1.82) is 0 Å². The lowest BCUT2D eigenvalue weighted by Gasteiger charge is -2.18. The standard InChI is InChI=1S/C15H17N3O5/c1-4-8-17(9-5-2)15(20)14(19)16-12-10-11(18(21)22)6-7-13(12)23-3/h4-7,10H,1-2,8-9H2,3H3,(H,16,19). The van der Waals surface area contributed by atoms with E-state index < -0.39 is 16.7 Å². The molecule has 0 heterocycles. The Labute approximate surface area is 133 Å². The fraction of sp³-hybridized carbons (Fsp3) is 0.200. The second kappa shape index (κ2) is 8.32. The third-order valence-corrected chi connectivity index (χ3v) is 2.82. The zero-order chi connectivity index (χ0) is 17.4. The molecule has 2 amide bonds. The van der Waals surface area contributed by atoms with Crippen LogP contribution in [0.25, 0.3) is 0 Å². The van der Waals surface area contributed by atoms with E-state index in [1.165, 1.54) is 36.3 Å². The van der Waals surface area contributed by atoms with E-state index in [1.54, 1.807) is 0 Å². The number of nitrogens with one attached hydrogen (secondary N) is 1. The molecular formula is C15H17N3O5. The molecule has 0 saturated carbocycles. The van der Waals surface area contributed by atoms with E-state index in [0.29, 0.717) is 0 Å². The molecule has 0 aliphatic carbocycles. The molecule has 0 saturated heterocycles. The predicted molar refractivity (Wildman–Crippen MR) is 85.3 cm³/mol. The van der Waals surface area contributed by atoms with Crippen LogP contribution in [-0.4, -0.2) is 41.8 Å². The second-order valence-corrected chi connectivity index (χ2v) is 4.38. The summed E-state index contributed by atoms with van der Waals surface area (Å²) in [7, 11) is 1.35. The number of nitro benzene ring substituents is 1. The van der Waals surface area contributed by atoms with Gasteiger partial charge in [-0.25, -0.2) is 0 Å². The normalized spacial score (nSPS) is 9.61. The van der Waals surface area contributed by atoms with Gasteiger partial charge in [-0.1, -0.05) is 12.2 Å². The number of amides is 2. The van der Waals surface area contributed by atoms with Gasteiger partial charge in [-0.2, -0.15) is 0 Å². The topological polar surface area (TPSA) is 102 Å². The summed E-state index contributed by atoms with van der Waals surface area (Å²) in [6, 6.07) is 3.69. The summed E-state index contributed by atoms with van der Waals surface area (Å²) in [4.78, 5) is 35.6. The van der Waals surface area contributed by atoms with Crippen LogP contribution < -0.4 is 10.1 Å². The first-order chi connectivity index (χ1) is 10.9. The first kappa shape index (κ1) is 17.9. The molecule has 8 nitrogen and oxygen atoms in total. The van der Waals surface area contributed by atoms with Crippen molar-refractivity contribution in [2.24, 2.45) is 0 Å². The molecule has 0 radical (unpaired) electrons. The van der Waals surface area contributed by atoms with Crippen molar-refractivity contribution in [1.82, 2.24) is 4.90 Å². The Hall–Kier alpha value is -3.16. The molecule has 1 aromatic carbocycles. The van der Waals surface area contributed by atoms with Crippen LogP contribution in [0.15, 0.2) is 43.5 Å². The minimum atomic E-state index is -0.938. The van der Waals surface area contributed by atoms with Crippen LogP contribution in [-0.2, 0) is 9.59 Å². The van der Waals surface area contributed by atoms with Gasteiger partial charge in [0.25, 0.3) is 5.69 Å². The lowest BCUT2D eigenvalue weighted by molar-refractivity contribution is -0.384. The number of nitro groups is 1. The minimum absolute atomic E-state index is 0.0391. The molecule has 1 N–H and O–H groups in total. The molecule has 0 aliphatic heterocycles. The molecule has 1 aromatic rings. The van der Waals surface area contributed by atoms with Crippen molar-refractivity contribution < 1.29 is 19.2 Å². The van der Waals surface area contributed by atoms with Crippen LogP contribution in [0, 0.1) is 10.1 Å². The number of hydrogen-bond donors (Lipinski definition) is 1. The van der Waals surface area contributed by atoms with E-state index >= 15 is 0 Å². The number of benzene rings is 1. The molecule has 23 heavy (non-hydrogen) atoms. The monoisotopic (exact) mass is 319 g/mol. The number of carbonyl (C=O) groups is 2. The minimum Gasteiger partial charge on any atom is -0.495 e. The van der Waals surface area contributed by atoms with Crippen molar-refractivity contribution in [2.45, 2.75) is 0 Å². The molecule has 0 aliphatic rings. The Morgan fingerprint density at radius 1 is 1.35 bits per heavy atom. The molecule has 1 rings (SSSR count). The van der Waals surface area contributed by atoms with Crippen LogP contribution in [0.4, 0.5) is 11.4 Å². The van der Waals surface area contributed by atoms with Crippen LogP contribution in [0.3, 0.4) is 0 Å². The van der Waals surface area contributed by atoms with Gasteiger partial charge in [0.15, 0.2) is 0 Å². The van der Waals surface area contributed by atoms with Gasteiger partial charge in [0, 0.05) is 25.2 Å². The number of methoxy groups -OCH3 is 1. The van der Waals surface area contributed by atoms with Crippen molar-refractivity contribution in [2.75, 3.05) is 25.5 Å². The highest BCUT2D eigenvalue weighted by atomic mass is 16.6. The lowest BCUT2D eigenvalue weighted by Crippen LogP contribution is -2.39. The van der Waals surface area contributed by atoms with Crippen LogP contribution >= 0.6 is 0 Å². The molecule has 0 atom stereocenters. The van der Waals surface area contributed by atoms with Gasteiger partial charge in [0.2, 0.25) is 0 Å². The lowest BCUT2D eigenvalue weighted by atomic mass is 10.2. The van der Waals surface area contributed by atoms with Crippen LogP contribution in [0.2, 0.25) is 0 Å². The van der Waals surface area contributed by atoms with Gasteiger partial charge >= 0.3 is 11.8 Å². The van der Waals surface area contributed by atoms with Crippen molar-refractivity contribution >= 4 is 23.2 Å². The summed E-state index contributed by atoms with van der Waals surface area (Å²) in [5.41, 5.74) is -0.195. The number of nitrogens with zero attached hydrogens (tertiary/aromatic N) is 2. The summed E-state index contributed by atoms with van der Waals surface area (Å²) < 4.78 is 5.02. The first-order valence-electron chi connectivity index (χ1n) is 6.59. The smallest absolute Gasteiger partial charge is 0.314 e. The number of carbonyl (C=O) groups excluding carboxylic acids is 2. The van der Waals surface area contributed by atoms with Crippen LogP contribution in [0.5, 0.6) is 5.75 Å². The van der Waals surface area contributed by atoms with E-state index in [2.05, 4.69) is 18.5 Å². The SMILES string of the molecule is C=CCN(CC=C)C(=O)C(=O)Nc1cc([N+](=O)[O-])ccc1OC. The summed E-state index contributed by atoms with van der Waals surface area (Å²) >= 11 is 0. The summed E-state index contributed by atoms with van der Waals surface area (Å²) in [5, 5.41) is 13.1. The third-order valence-electron chi connectivity index (χ3n) is 2.82. The Bertz CT molecular complexity index is 632. The third kappa shape index (κ3) is 4.67. The maximum atomic E-state index is 12.1. The van der Waals surface area contributed by atoms with E-state index in [4.69, 9.17) is 4.74 Å². The van der Waals surface area contributed by atoms with Crippen molar-refractivity contribution in [3.05, 3.63) is 53.6 Å². The van der Waals surface area contributed by atoms with Gasteiger partial charge in [0.1, 0.15) is 5.75 Å². The van der Waals surface area contributed by atoms with Gasteiger partial charge in [0.05, 0.1) is 17.7 Å². The molecule has 8 heteroatoms. The zero-order valence-corrected chi connectivity index (χ0v) is 12.7. The maximum Gasteiger partial charge on any atom is 0.314 e. The van der Waals surface area contributed by atoms with Gasteiger partial charge < -0.3 is 15.0 Å². The average Bonchev–Trinajstić information content (AvgIpc) is 2.53. The summed E-state index contributed by atoms with van der Waals surface area (Å²) in [6.07, 6.45) is 2.95. The van der Waals surface area contributed by atoms with E-state index in [0.717, 1.165) is 6.07 Å². The van der Waals surface area contributed by atoms with Crippen molar-refractivity contribution in [3.8, 4) is 5.75 Å². The summed E-state index contributed by atoms with van der Waals surface area (Å²) in [5.74, 6) is -1.54. The molecule has 0 aromatic heterocycles. The molecular weight excluding hydrogens is 302 g/mol. The molecule has 0 fully saturated rings. The molecule has 0 unspecified atom stereocenters. The number of ether oxygens (including phenoxy) is 1. The van der Waals surface area contributed by atoms with E-state index in [1.807, 2.05) is 0 Å². The second-order valence-electron chi connectivity index (χ2n) is 4.38. The Kier molecular flexibility index (Phi) is 6.47. The number of rotatable bonds is 7. The van der Waals surface area contributed by atoms with E-state index in [-0.39, 0.29) is 30.2 Å². The maximum absolute atomic E-state index is 12.1. The average molecular weight is 319 g/mol. The number of hydrogen-bond acceptors (Lipinski definition) is 5. The first-order valence-corrected chi connectivity index (χ1v) is 6.59. The predicted octanol–water partition coefficient (Wildman–Crippen LogP) is 1.74. The highest BCUT2D eigenvalue weighted by Crippen LogP contribution is 2.28. The van der Waals surface area contributed by atoms with Gasteiger partial charge in [-0.3, -0.25) is 19.7 Å². The van der Waals surface area contributed by atoms with Gasteiger partial charge in [-0.15, -0.1) is 13.2 Å². The Balaban J connectivity index is 3.00. The van der Waals surface area contributed by atoms with Gasteiger partial charge in [-0.05, 0) is 6.07 Å². The van der Waals surface area contributed by atoms with Crippen molar-refractivity contribution in [3.63, 3.8) is 0 Å². The fourth-order valence-electron chi connectivity index (χ4n) is 1.78. The van der Waals surface area contributed by atoms with E-state index in [9.17, 15) is 19.7 Å². The highest BCUT2D eigenvalue weighted by Gasteiger charge is 2.22. The largest absolute Gasteiger partial charge is 0.495 e. The molecule has 122 valence electrons. The zero-order valence-electron chi connectivity index (χ0n) is 12.7. The number of non-ortho nitro benzene ring substituents is 1. The highest BCUT2D eigenvalue weighted by molar-refractivity contribution is 6.39. The molecule has 0 bridgehead atoms. The fourth-order valence-corrected chi connectivity index (χ4v) is 1.78. The Morgan fingerprint density at radius 3 is 2.43 bits per heavy atom. The molecule has 0 spiro atoms. The summed E-state index contributed by atoms with van der Waals surface area (Å²) in [6.45, 7) is 7.37.